The van der Waals surface area contributed by atoms with Crippen molar-refractivity contribution >= 4 is 17.7 Å². The van der Waals surface area contributed by atoms with E-state index >= 15 is 0 Å². The molecular formula is C14H20N2OS. The smallest absolute Gasteiger partial charge is 0.223 e. The minimum absolute atomic E-state index is 0.196. The number of amides is 1. The van der Waals surface area contributed by atoms with Crippen LogP contribution in [-0.2, 0) is 4.79 Å². The van der Waals surface area contributed by atoms with Crippen LogP contribution in [0.1, 0.15) is 43.5 Å². The summed E-state index contributed by atoms with van der Waals surface area (Å²) in [6.45, 7) is 3.04. The summed E-state index contributed by atoms with van der Waals surface area (Å²) in [5, 5.41) is 0.196. The van der Waals surface area contributed by atoms with Gasteiger partial charge in [-0.1, -0.05) is 19.8 Å². The molecule has 0 spiro atoms. The molecule has 1 aliphatic rings. The second kappa shape index (κ2) is 6.78. The van der Waals surface area contributed by atoms with Crippen molar-refractivity contribution in [3.63, 3.8) is 0 Å². The number of rotatable bonds is 5. The first kappa shape index (κ1) is 13.4. The largest absolute Gasteiger partial charge is 0.326 e. The van der Waals surface area contributed by atoms with Gasteiger partial charge in [0.05, 0.1) is 0 Å². The molecule has 1 aliphatic heterocycles. The average Bonchev–Trinajstić information content (AvgIpc) is 2.89. The molecule has 98 valence electrons. The van der Waals surface area contributed by atoms with Crippen LogP contribution in [0.3, 0.4) is 0 Å². The number of aromatic nitrogens is 1. The van der Waals surface area contributed by atoms with Crippen LogP contribution in [0.5, 0.6) is 0 Å². The second-order valence-electron chi connectivity index (χ2n) is 4.55. The van der Waals surface area contributed by atoms with Crippen LogP contribution in [-0.4, -0.2) is 28.1 Å². The maximum atomic E-state index is 12.2. The molecule has 1 amide bonds. The van der Waals surface area contributed by atoms with Crippen LogP contribution in [0.2, 0.25) is 0 Å². The summed E-state index contributed by atoms with van der Waals surface area (Å²) in [6.07, 6.45) is 7.61. The molecule has 1 atom stereocenters. The molecule has 2 rings (SSSR count). The van der Waals surface area contributed by atoms with Crippen LogP contribution < -0.4 is 0 Å². The lowest BCUT2D eigenvalue weighted by Gasteiger charge is -2.24. The van der Waals surface area contributed by atoms with E-state index in [1.165, 1.54) is 5.56 Å². The van der Waals surface area contributed by atoms with E-state index in [0.717, 1.165) is 31.6 Å². The van der Waals surface area contributed by atoms with Gasteiger partial charge in [-0.3, -0.25) is 9.78 Å². The molecule has 2 heterocycles. The van der Waals surface area contributed by atoms with E-state index in [4.69, 9.17) is 0 Å². The molecule has 18 heavy (non-hydrogen) atoms. The number of nitrogens with zero attached hydrogens (tertiary/aromatic N) is 2. The van der Waals surface area contributed by atoms with Gasteiger partial charge in [-0.15, -0.1) is 11.8 Å². The van der Waals surface area contributed by atoms with Crippen LogP contribution in [0.15, 0.2) is 24.5 Å². The molecule has 1 aromatic rings. The lowest BCUT2D eigenvalue weighted by Crippen LogP contribution is -2.30. The third-order valence-corrected chi connectivity index (χ3v) is 4.46. The molecular weight excluding hydrogens is 244 g/mol. The molecule has 1 aromatic heterocycles. The van der Waals surface area contributed by atoms with Gasteiger partial charge in [-0.05, 0) is 24.1 Å². The Morgan fingerprint density at radius 3 is 2.94 bits per heavy atom. The van der Waals surface area contributed by atoms with E-state index in [9.17, 15) is 4.79 Å². The van der Waals surface area contributed by atoms with Crippen LogP contribution in [0, 0.1) is 0 Å². The van der Waals surface area contributed by atoms with Gasteiger partial charge in [0.15, 0.2) is 0 Å². The quantitative estimate of drug-likeness (QED) is 0.765. The van der Waals surface area contributed by atoms with E-state index in [1.807, 2.05) is 28.8 Å². The highest BCUT2D eigenvalue weighted by atomic mass is 32.2. The van der Waals surface area contributed by atoms with Gasteiger partial charge in [0.1, 0.15) is 5.37 Å². The number of pyridine rings is 1. The number of unbranched alkanes of at least 4 members (excludes halogenated alkanes) is 2. The second-order valence-corrected chi connectivity index (χ2v) is 5.74. The van der Waals surface area contributed by atoms with E-state index in [0.29, 0.717) is 12.3 Å². The van der Waals surface area contributed by atoms with Crippen molar-refractivity contribution in [3.8, 4) is 0 Å². The highest BCUT2D eigenvalue weighted by molar-refractivity contribution is 7.99. The lowest BCUT2D eigenvalue weighted by molar-refractivity contribution is -0.131. The van der Waals surface area contributed by atoms with Crippen molar-refractivity contribution in [1.29, 1.82) is 0 Å². The Morgan fingerprint density at radius 1 is 1.44 bits per heavy atom. The molecule has 1 fully saturated rings. The minimum atomic E-state index is 0.196. The summed E-state index contributed by atoms with van der Waals surface area (Å²) in [6, 6.07) is 4.02. The van der Waals surface area contributed by atoms with Crippen molar-refractivity contribution < 1.29 is 4.79 Å². The number of thioether (sulfide) groups is 1. The Kier molecular flexibility index (Phi) is 5.05. The molecule has 0 bridgehead atoms. The Balaban J connectivity index is 1.97. The normalized spacial score (nSPS) is 19.2. The van der Waals surface area contributed by atoms with Crippen LogP contribution in [0.25, 0.3) is 0 Å². The fourth-order valence-corrected chi connectivity index (χ4v) is 3.48. The van der Waals surface area contributed by atoms with Crippen molar-refractivity contribution in [3.05, 3.63) is 30.1 Å². The summed E-state index contributed by atoms with van der Waals surface area (Å²) < 4.78 is 0. The zero-order valence-corrected chi connectivity index (χ0v) is 11.7. The summed E-state index contributed by atoms with van der Waals surface area (Å²) in [7, 11) is 0. The van der Waals surface area contributed by atoms with Gasteiger partial charge in [0.25, 0.3) is 0 Å². The molecule has 1 saturated heterocycles. The van der Waals surface area contributed by atoms with E-state index in [2.05, 4.69) is 11.9 Å². The fraction of sp³-hybridized carbons (Fsp3) is 0.571. The maximum Gasteiger partial charge on any atom is 0.223 e. The zero-order chi connectivity index (χ0) is 12.8. The first-order valence-corrected chi connectivity index (χ1v) is 7.69. The Labute approximate surface area is 113 Å². The van der Waals surface area contributed by atoms with E-state index in [-0.39, 0.29) is 5.37 Å². The average molecular weight is 264 g/mol. The third-order valence-electron chi connectivity index (χ3n) is 3.20. The van der Waals surface area contributed by atoms with Crippen molar-refractivity contribution in [1.82, 2.24) is 9.88 Å². The van der Waals surface area contributed by atoms with Gasteiger partial charge in [0, 0.05) is 31.1 Å². The molecule has 1 unspecified atom stereocenters. The Bertz CT molecular complexity index is 383. The van der Waals surface area contributed by atoms with Crippen molar-refractivity contribution in [2.45, 2.75) is 38.0 Å². The molecule has 0 aromatic carbocycles. The highest BCUT2D eigenvalue weighted by Gasteiger charge is 2.29. The number of carbonyl (C=O) groups excluding carboxylic acids is 1. The highest BCUT2D eigenvalue weighted by Crippen LogP contribution is 2.37. The van der Waals surface area contributed by atoms with Gasteiger partial charge in [-0.25, -0.2) is 0 Å². The zero-order valence-electron chi connectivity index (χ0n) is 10.8. The van der Waals surface area contributed by atoms with Gasteiger partial charge < -0.3 is 4.90 Å². The topological polar surface area (TPSA) is 33.2 Å². The Morgan fingerprint density at radius 2 is 2.22 bits per heavy atom. The molecule has 3 nitrogen and oxygen atoms in total. The summed E-state index contributed by atoms with van der Waals surface area (Å²) in [4.78, 5) is 18.3. The standard InChI is InChI=1S/C14H20N2OS/c1-2-3-4-5-13(17)16-10-11-18-14(16)12-6-8-15-9-7-12/h6-9,14H,2-5,10-11H2,1H3. The lowest BCUT2D eigenvalue weighted by atomic mass is 10.1. The first-order valence-electron chi connectivity index (χ1n) is 6.64. The predicted octanol–water partition coefficient (Wildman–Crippen LogP) is 3.24. The summed E-state index contributed by atoms with van der Waals surface area (Å²) >= 11 is 1.85. The number of carbonyl (C=O) groups is 1. The molecule has 0 N–H and O–H groups in total. The number of hydrogen-bond donors (Lipinski definition) is 0. The minimum Gasteiger partial charge on any atom is -0.326 e. The van der Waals surface area contributed by atoms with Crippen LogP contribution in [0.4, 0.5) is 0 Å². The molecule has 0 aliphatic carbocycles. The van der Waals surface area contributed by atoms with Gasteiger partial charge >= 0.3 is 0 Å². The van der Waals surface area contributed by atoms with E-state index < -0.39 is 0 Å². The maximum absolute atomic E-state index is 12.2. The van der Waals surface area contributed by atoms with Crippen LogP contribution >= 0.6 is 11.8 Å². The Hall–Kier alpha value is -1.03. The molecule has 4 heteroatoms. The first-order chi connectivity index (χ1) is 8.83. The van der Waals surface area contributed by atoms with Crippen molar-refractivity contribution in [2.24, 2.45) is 0 Å². The van der Waals surface area contributed by atoms with Gasteiger partial charge in [0.2, 0.25) is 5.91 Å². The predicted molar refractivity (Wildman–Crippen MR) is 75.3 cm³/mol. The number of hydrogen-bond acceptors (Lipinski definition) is 3. The monoisotopic (exact) mass is 264 g/mol. The molecule has 0 radical (unpaired) electrons. The SMILES string of the molecule is CCCCCC(=O)N1CCSC1c1ccncc1. The van der Waals surface area contributed by atoms with Crippen molar-refractivity contribution in [2.75, 3.05) is 12.3 Å². The third kappa shape index (κ3) is 3.25. The van der Waals surface area contributed by atoms with E-state index in [1.54, 1.807) is 12.4 Å². The molecule has 0 saturated carbocycles. The summed E-state index contributed by atoms with van der Waals surface area (Å²) in [5.74, 6) is 1.34. The fourth-order valence-electron chi connectivity index (χ4n) is 2.20. The van der Waals surface area contributed by atoms with Gasteiger partial charge in [-0.2, -0.15) is 0 Å². The summed E-state index contributed by atoms with van der Waals surface area (Å²) in [5.41, 5.74) is 1.19.